The van der Waals surface area contributed by atoms with Crippen LogP contribution in [0.15, 0.2) is 0 Å². The molecule has 3 N–H and O–H groups in total. The van der Waals surface area contributed by atoms with Crippen molar-refractivity contribution in [1.82, 2.24) is 10.6 Å². The minimum Gasteiger partial charge on any atom is -0.481 e. The lowest BCUT2D eigenvalue weighted by atomic mass is 9.74. The molecule has 1 rings (SSSR count). The third kappa shape index (κ3) is 4.20. The lowest BCUT2D eigenvalue weighted by molar-refractivity contribution is -0.143. The van der Waals surface area contributed by atoms with E-state index < -0.39 is 11.9 Å². The van der Waals surface area contributed by atoms with Gasteiger partial charge in [0.15, 0.2) is 0 Å². The second-order valence-corrected chi connectivity index (χ2v) is 6.18. The van der Waals surface area contributed by atoms with Crippen LogP contribution in [0.4, 0.5) is 0 Å². The summed E-state index contributed by atoms with van der Waals surface area (Å²) in [5.41, 5.74) is -0.306. The summed E-state index contributed by atoms with van der Waals surface area (Å²) < 4.78 is 0. The molecule has 5 nitrogen and oxygen atoms in total. The molecule has 1 saturated heterocycles. The van der Waals surface area contributed by atoms with Gasteiger partial charge in [-0.1, -0.05) is 27.2 Å². The van der Waals surface area contributed by atoms with Gasteiger partial charge in [-0.2, -0.15) is 0 Å². The van der Waals surface area contributed by atoms with Crippen LogP contribution in [-0.2, 0) is 9.59 Å². The summed E-state index contributed by atoms with van der Waals surface area (Å²) in [6.45, 7) is 7.78. The first kappa shape index (κ1) is 17.0. The van der Waals surface area contributed by atoms with Crippen LogP contribution in [-0.4, -0.2) is 36.6 Å². The molecule has 1 amide bonds. The second-order valence-electron chi connectivity index (χ2n) is 6.18. The third-order valence-corrected chi connectivity index (χ3v) is 4.38. The summed E-state index contributed by atoms with van der Waals surface area (Å²) >= 11 is 0. The molecule has 0 bridgehead atoms. The Kier molecular flexibility index (Phi) is 6.46. The van der Waals surface area contributed by atoms with Crippen molar-refractivity contribution in [2.75, 3.05) is 19.6 Å². The molecule has 1 unspecified atom stereocenters. The number of rotatable bonds is 7. The lowest BCUT2D eigenvalue weighted by Gasteiger charge is -2.36. The molecule has 0 aromatic rings. The van der Waals surface area contributed by atoms with Gasteiger partial charge < -0.3 is 15.7 Å². The van der Waals surface area contributed by atoms with Gasteiger partial charge >= 0.3 is 5.97 Å². The lowest BCUT2D eigenvalue weighted by Crippen LogP contribution is -2.49. The maximum atomic E-state index is 12.5. The van der Waals surface area contributed by atoms with Crippen LogP contribution in [0, 0.1) is 17.3 Å². The van der Waals surface area contributed by atoms with Crippen LogP contribution in [0.5, 0.6) is 0 Å². The first-order chi connectivity index (χ1) is 9.43. The van der Waals surface area contributed by atoms with Crippen LogP contribution < -0.4 is 10.6 Å². The molecule has 1 aliphatic heterocycles. The van der Waals surface area contributed by atoms with Crippen LogP contribution in [0.25, 0.3) is 0 Å². The predicted octanol–water partition coefficient (Wildman–Crippen LogP) is 1.63. The van der Waals surface area contributed by atoms with Crippen molar-refractivity contribution in [3.8, 4) is 0 Å². The topological polar surface area (TPSA) is 78.4 Å². The number of carbonyl (C=O) groups excluding carboxylic acids is 1. The van der Waals surface area contributed by atoms with E-state index in [0.717, 1.165) is 38.8 Å². The Morgan fingerprint density at radius 1 is 1.30 bits per heavy atom. The summed E-state index contributed by atoms with van der Waals surface area (Å²) in [6.07, 6.45) is 3.53. The fourth-order valence-corrected chi connectivity index (χ4v) is 2.97. The molecule has 116 valence electrons. The summed E-state index contributed by atoms with van der Waals surface area (Å²) in [5.74, 6) is -1.30. The van der Waals surface area contributed by atoms with Gasteiger partial charge in [-0.15, -0.1) is 0 Å². The number of nitrogens with one attached hydrogen (secondary N) is 2. The smallest absolute Gasteiger partial charge is 0.308 e. The van der Waals surface area contributed by atoms with Crippen LogP contribution >= 0.6 is 0 Å². The van der Waals surface area contributed by atoms with Crippen molar-refractivity contribution in [3.05, 3.63) is 0 Å². The molecule has 1 heterocycles. The van der Waals surface area contributed by atoms with Crippen molar-refractivity contribution in [3.63, 3.8) is 0 Å². The quantitative estimate of drug-likeness (QED) is 0.664. The summed E-state index contributed by atoms with van der Waals surface area (Å²) in [6, 6.07) is 0. The van der Waals surface area contributed by atoms with Crippen molar-refractivity contribution >= 4 is 11.9 Å². The molecule has 0 aliphatic carbocycles. The normalized spacial score (nSPS) is 19.6. The Hall–Kier alpha value is -1.10. The number of piperidine rings is 1. The average molecular weight is 284 g/mol. The van der Waals surface area contributed by atoms with Gasteiger partial charge in [0.1, 0.15) is 0 Å². The maximum absolute atomic E-state index is 12.5. The first-order valence-corrected chi connectivity index (χ1v) is 7.65. The number of carbonyl (C=O) groups is 2. The summed E-state index contributed by atoms with van der Waals surface area (Å²) in [7, 11) is 0. The summed E-state index contributed by atoms with van der Waals surface area (Å²) in [5, 5.41) is 15.3. The highest BCUT2D eigenvalue weighted by Gasteiger charge is 2.38. The fourth-order valence-electron chi connectivity index (χ4n) is 2.97. The Morgan fingerprint density at radius 2 is 1.90 bits per heavy atom. The van der Waals surface area contributed by atoms with E-state index in [9.17, 15) is 14.7 Å². The minimum absolute atomic E-state index is 0.0166. The summed E-state index contributed by atoms with van der Waals surface area (Å²) in [4.78, 5) is 23.7. The zero-order valence-corrected chi connectivity index (χ0v) is 12.9. The third-order valence-electron chi connectivity index (χ3n) is 4.38. The molecule has 0 spiro atoms. The van der Waals surface area contributed by atoms with E-state index in [1.807, 2.05) is 13.8 Å². The SMILES string of the molecule is CCCC1(C(=O)NCC(C(=O)O)C(C)C)CCNCC1. The average Bonchev–Trinajstić information content (AvgIpc) is 2.39. The molecule has 1 atom stereocenters. The van der Waals surface area contributed by atoms with Gasteiger partial charge in [0.25, 0.3) is 0 Å². The van der Waals surface area contributed by atoms with E-state index >= 15 is 0 Å². The molecule has 20 heavy (non-hydrogen) atoms. The van der Waals surface area contributed by atoms with Gasteiger partial charge in [-0.05, 0) is 38.3 Å². The number of amides is 1. The van der Waals surface area contributed by atoms with Gasteiger partial charge in [-0.3, -0.25) is 9.59 Å². The van der Waals surface area contributed by atoms with E-state index in [-0.39, 0.29) is 23.8 Å². The van der Waals surface area contributed by atoms with E-state index in [2.05, 4.69) is 17.6 Å². The fraction of sp³-hybridized carbons (Fsp3) is 0.867. The van der Waals surface area contributed by atoms with Crippen molar-refractivity contribution in [2.24, 2.45) is 17.3 Å². The second kappa shape index (κ2) is 7.62. The highest BCUT2D eigenvalue weighted by molar-refractivity contribution is 5.83. The maximum Gasteiger partial charge on any atom is 0.308 e. The number of carboxylic acid groups (broad SMARTS) is 1. The van der Waals surface area contributed by atoms with Gasteiger partial charge in [-0.25, -0.2) is 0 Å². The highest BCUT2D eigenvalue weighted by Crippen LogP contribution is 2.34. The minimum atomic E-state index is -0.838. The highest BCUT2D eigenvalue weighted by atomic mass is 16.4. The molecule has 1 fully saturated rings. The van der Waals surface area contributed by atoms with Crippen LogP contribution in [0.2, 0.25) is 0 Å². The Morgan fingerprint density at radius 3 is 2.35 bits per heavy atom. The molecule has 0 aromatic heterocycles. The molecular formula is C15H28N2O3. The Balaban J connectivity index is 2.64. The predicted molar refractivity (Wildman–Crippen MR) is 78.4 cm³/mol. The number of hydrogen-bond acceptors (Lipinski definition) is 3. The molecule has 5 heteroatoms. The van der Waals surface area contributed by atoms with Crippen LogP contribution in [0.1, 0.15) is 46.5 Å². The molecule has 0 saturated carbocycles. The van der Waals surface area contributed by atoms with Gasteiger partial charge in [0, 0.05) is 6.54 Å². The first-order valence-electron chi connectivity index (χ1n) is 7.65. The van der Waals surface area contributed by atoms with Gasteiger partial charge in [0.2, 0.25) is 5.91 Å². The van der Waals surface area contributed by atoms with E-state index in [1.165, 1.54) is 0 Å². The Labute approximate surface area is 121 Å². The monoisotopic (exact) mass is 284 g/mol. The number of aliphatic carboxylic acids is 1. The van der Waals surface area contributed by atoms with Crippen molar-refractivity contribution in [1.29, 1.82) is 0 Å². The van der Waals surface area contributed by atoms with E-state index in [4.69, 9.17) is 0 Å². The Bertz CT molecular complexity index is 331. The van der Waals surface area contributed by atoms with Crippen molar-refractivity contribution < 1.29 is 14.7 Å². The van der Waals surface area contributed by atoms with E-state index in [0.29, 0.717) is 0 Å². The van der Waals surface area contributed by atoms with Crippen molar-refractivity contribution in [2.45, 2.75) is 46.5 Å². The number of carboxylic acids is 1. The standard InChI is InChI=1S/C15H28N2O3/c1-4-5-15(6-8-16-9-7-15)14(20)17-10-12(11(2)3)13(18)19/h11-12,16H,4-10H2,1-3H3,(H,17,20)(H,18,19). The molecular weight excluding hydrogens is 256 g/mol. The molecule has 1 aliphatic rings. The zero-order valence-electron chi connectivity index (χ0n) is 12.9. The number of hydrogen-bond donors (Lipinski definition) is 3. The van der Waals surface area contributed by atoms with E-state index in [1.54, 1.807) is 0 Å². The van der Waals surface area contributed by atoms with Gasteiger partial charge in [0.05, 0.1) is 11.3 Å². The zero-order chi connectivity index (χ0) is 15.2. The van der Waals surface area contributed by atoms with Crippen LogP contribution in [0.3, 0.4) is 0 Å². The molecule has 0 radical (unpaired) electrons. The molecule has 0 aromatic carbocycles. The largest absolute Gasteiger partial charge is 0.481 e.